The molecule has 2 aliphatic rings. The van der Waals surface area contributed by atoms with Crippen molar-refractivity contribution in [3.8, 4) is 0 Å². The van der Waals surface area contributed by atoms with Crippen molar-refractivity contribution in [3.63, 3.8) is 0 Å². The fourth-order valence-corrected chi connectivity index (χ4v) is 2.94. The predicted molar refractivity (Wildman–Crippen MR) is 52.6 cm³/mol. The van der Waals surface area contributed by atoms with E-state index in [-0.39, 0.29) is 0 Å². The molecule has 0 saturated carbocycles. The van der Waals surface area contributed by atoms with Gasteiger partial charge in [-0.1, -0.05) is 6.92 Å². The molecule has 0 aromatic rings. The Morgan fingerprint density at radius 1 is 1.38 bits per heavy atom. The Morgan fingerprint density at radius 3 is 2.38 bits per heavy atom. The third-order valence-electron chi connectivity index (χ3n) is 3.70. The summed E-state index contributed by atoms with van der Waals surface area (Å²) in [6.45, 7) is 4.53. The molecule has 2 rings (SSSR count). The summed E-state index contributed by atoms with van der Waals surface area (Å²) in [4.78, 5) is 14.0. The van der Waals surface area contributed by atoms with Crippen molar-refractivity contribution in [2.45, 2.75) is 64.1 Å². The van der Waals surface area contributed by atoms with Crippen molar-refractivity contribution in [3.05, 3.63) is 0 Å². The molecule has 3 atom stereocenters. The number of Topliss-reactive ketones (excluding diaryl/α,β-unsaturated/α-hetero) is 1. The van der Waals surface area contributed by atoms with Gasteiger partial charge in [0.25, 0.3) is 0 Å². The van der Waals surface area contributed by atoms with Crippen LogP contribution < -0.4 is 0 Å². The molecule has 0 aliphatic carbocycles. The zero-order chi connectivity index (χ0) is 9.42. The monoisotopic (exact) mass is 181 g/mol. The quantitative estimate of drug-likeness (QED) is 0.649. The van der Waals surface area contributed by atoms with Crippen molar-refractivity contribution in [1.29, 1.82) is 0 Å². The van der Waals surface area contributed by atoms with Crippen LogP contribution in [-0.4, -0.2) is 28.8 Å². The van der Waals surface area contributed by atoms with Gasteiger partial charge in [-0.25, -0.2) is 0 Å². The van der Waals surface area contributed by atoms with Crippen LogP contribution in [0.1, 0.15) is 46.0 Å². The van der Waals surface area contributed by atoms with Gasteiger partial charge in [0.1, 0.15) is 5.78 Å². The average molecular weight is 181 g/mol. The highest BCUT2D eigenvalue weighted by Crippen LogP contribution is 2.35. The largest absolute Gasteiger partial charge is 0.300 e. The van der Waals surface area contributed by atoms with E-state index in [1.807, 2.05) is 0 Å². The van der Waals surface area contributed by atoms with Crippen LogP contribution in [0.4, 0.5) is 0 Å². The fourth-order valence-electron chi connectivity index (χ4n) is 2.94. The molecule has 2 heterocycles. The first-order valence-corrected chi connectivity index (χ1v) is 5.51. The molecule has 1 unspecified atom stereocenters. The Bertz CT molecular complexity index is 198. The zero-order valence-electron chi connectivity index (χ0n) is 8.62. The van der Waals surface area contributed by atoms with Crippen LogP contribution in [-0.2, 0) is 4.79 Å². The molecule has 0 amide bonds. The molecule has 2 bridgehead atoms. The molecule has 0 aromatic carbocycles. The minimum Gasteiger partial charge on any atom is -0.300 e. The lowest BCUT2D eigenvalue weighted by atomic mass is 9.99. The molecule has 2 nitrogen and oxygen atoms in total. The highest BCUT2D eigenvalue weighted by Gasteiger charge is 2.41. The Balaban J connectivity index is 2.10. The van der Waals surface area contributed by atoms with Crippen molar-refractivity contribution >= 4 is 5.78 Å². The topological polar surface area (TPSA) is 20.3 Å². The van der Waals surface area contributed by atoms with Gasteiger partial charge in [-0.05, 0) is 26.2 Å². The summed E-state index contributed by atoms with van der Waals surface area (Å²) in [6, 6.07) is 1.84. The number of piperidine rings is 1. The number of hydrogen-bond donors (Lipinski definition) is 0. The summed E-state index contributed by atoms with van der Waals surface area (Å²) in [5, 5.41) is 0. The summed E-state index contributed by atoms with van der Waals surface area (Å²) in [5.41, 5.74) is 0. The molecule has 2 fully saturated rings. The third kappa shape index (κ3) is 1.52. The van der Waals surface area contributed by atoms with E-state index in [1.54, 1.807) is 0 Å². The summed E-state index contributed by atoms with van der Waals surface area (Å²) < 4.78 is 0. The lowest BCUT2D eigenvalue weighted by Gasteiger charge is -2.38. The van der Waals surface area contributed by atoms with Crippen LogP contribution >= 0.6 is 0 Å². The van der Waals surface area contributed by atoms with E-state index < -0.39 is 0 Å². The Labute approximate surface area is 80.3 Å². The first kappa shape index (κ1) is 9.20. The first-order valence-electron chi connectivity index (χ1n) is 5.51. The maximum Gasteiger partial charge on any atom is 0.136 e. The lowest BCUT2D eigenvalue weighted by Crippen LogP contribution is -2.47. The number of rotatable bonds is 2. The standard InChI is InChI=1S/C11H19NO/c1-3-8(2)12-9-4-5-10(12)7-11(13)6-9/h8-10H,3-7H2,1-2H3/t8?,9-,10+. The van der Waals surface area contributed by atoms with E-state index in [2.05, 4.69) is 18.7 Å². The van der Waals surface area contributed by atoms with Crippen molar-refractivity contribution in [2.24, 2.45) is 0 Å². The van der Waals surface area contributed by atoms with Gasteiger partial charge in [0.15, 0.2) is 0 Å². The molecule has 2 saturated heterocycles. The van der Waals surface area contributed by atoms with Gasteiger partial charge in [0, 0.05) is 31.0 Å². The summed E-state index contributed by atoms with van der Waals surface area (Å²) in [5.74, 6) is 0.493. The highest BCUT2D eigenvalue weighted by atomic mass is 16.1. The molecule has 0 aromatic heterocycles. The molecular weight excluding hydrogens is 162 g/mol. The van der Waals surface area contributed by atoms with Gasteiger partial charge in [0.05, 0.1) is 0 Å². The second-order valence-corrected chi connectivity index (χ2v) is 4.54. The van der Waals surface area contributed by atoms with Crippen molar-refractivity contribution in [1.82, 2.24) is 4.90 Å². The lowest BCUT2D eigenvalue weighted by molar-refractivity contribution is -0.124. The van der Waals surface area contributed by atoms with E-state index in [9.17, 15) is 4.79 Å². The molecule has 0 radical (unpaired) electrons. The van der Waals surface area contributed by atoms with E-state index >= 15 is 0 Å². The van der Waals surface area contributed by atoms with Crippen molar-refractivity contribution < 1.29 is 4.79 Å². The second-order valence-electron chi connectivity index (χ2n) is 4.54. The molecule has 74 valence electrons. The second kappa shape index (κ2) is 3.41. The molecule has 0 spiro atoms. The van der Waals surface area contributed by atoms with Gasteiger partial charge in [-0.3, -0.25) is 9.69 Å². The maximum atomic E-state index is 11.4. The number of fused-ring (bicyclic) bond motifs is 2. The molecular formula is C11H19NO. The summed E-state index contributed by atoms with van der Waals surface area (Å²) in [7, 11) is 0. The molecule has 13 heavy (non-hydrogen) atoms. The molecule has 2 heteroatoms. The van der Waals surface area contributed by atoms with Crippen LogP contribution in [0.2, 0.25) is 0 Å². The number of hydrogen-bond acceptors (Lipinski definition) is 2. The van der Waals surface area contributed by atoms with Crippen LogP contribution in [0, 0.1) is 0 Å². The van der Waals surface area contributed by atoms with Gasteiger partial charge in [0.2, 0.25) is 0 Å². The third-order valence-corrected chi connectivity index (χ3v) is 3.70. The Hall–Kier alpha value is -0.370. The van der Waals surface area contributed by atoms with Crippen LogP contribution in [0.25, 0.3) is 0 Å². The normalized spacial score (nSPS) is 36.6. The fraction of sp³-hybridized carbons (Fsp3) is 0.909. The minimum atomic E-state index is 0.493. The van der Waals surface area contributed by atoms with E-state index in [1.165, 1.54) is 19.3 Å². The van der Waals surface area contributed by atoms with E-state index in [4.69, 9.17) is 0 Å². The van der Waals surface area contributed by atoms with Gasteiger partial charge in [-0.15, -0.1) is 0 Å². The van der Waals surface area contributed by atoms with Crippen LogP contribution in [0.15, 0.2) is 0 Å². The number of ketones is 1. The van der Waals surface area contributed by atoms with Gasteiger partial charge < -0.3 is 0 Å². The summed E-state index contributed by atoms with van der Waals surface area (Å²) >= 11 is 0. The van der Waals surface area contributed by atoms with Crippen LogP contribution in [0.5, 0.6) is 0 Å². The Morgan fingerprint density at radius 2 is 1.92 bits per heavy atom. The number of nitrogens with zero attached hydrogens (tertiary/aromatic N) is 1. The highest BCUT2D eigenvalue weighted by molar-refractivity contribution is 5.81. The molecule has 0 N–H and O–H groups in total. The minimum absolute atomic E-state index is 0.493. The first-order chi connectivity index (χ1) is 6.22. The van der Waals surface area contributed by atoms with E-state index in [0.29, 0.717) is 23.9 Å². The van der Waals surface area contributed by atoms with Gasteiger partial charge in [-0.2, -0.15) is 0 Å². The predicted octanol–water partition coefficient (Wildman–Crippen LogP) is 1.98. The Kier molecular flexibility index (Phi) is 2.41. The average Bonchev–Trinajstić information content (AvgIpc) is 2.37. The SMILES string of the molecule is CCC(C)N1[C@@H]2CC[C@H]1CC(=O)C2. The smallest absolute Gasteiger partial charge is 0.136 e. The maximum absolute atomic E-state index is 11.4. The molecule has 2 aliphatic heterocycles. The summed E-state index contributed by atoms with van der Waals surface area (Å²) in [6.07, 6.45) is 5.35. The van der Waals surface area contributed by atoms with Gasteiger partial charge >= 0.3 is 0 Å². The number of carbonyl (C=O) groups excluding carboxylic acids is 1. The van der Waals surface area contributed by atoms with Crippen LogP contribution in [0.3, 0.4) is 0 Å². The zero-order valence-corrected chi connectivity index (χ0v) is 8.62. The van der Waals surface area contributed by atoms with E-state index in [0.717, 1.165) is 12.8 Å². The number of carbonyl (C=O) groups is 1. The van der Waals surface area contributed by atoms with Crippen molar-refractivity contribution in [2.75, 3.05) is 0 Å².